The van der Waals surface area contributed by atoms with Crippen molar-refractivity contribution in [3.05, 3.63) is 54.6 Å². The van der Waals surface area contributed by atoms with E-state index in [-0.39, 0.29) is 5.91 Å². The number of carbonyl (C=O) groups is 1. The number of hydrogen-bond acceptors (Lipinski definition) is 5. The van der Waals surface area contributed by atoms with Crippen LogP contribution in [0.2, 0.25) is 0 Å². The first-order valence-electron chi connectivity index (χ1n) is 10.5. The van der Waals surface area contributed by atoms with Crippen LogP contribution in [0.4, 0.5) is 11.6 Å². The number of aromatic nitrogens is 3. The summed E-state index contributed by atoms with van der Waals surface area (Å²) in [6, 6.07) is 10.0. The third kappa shape index (κ3) is 3.64. The first kappa shape index (κ1) is 18.0. The summed E-state index contributed by atoms with van der Waals surface area (Å²) in [6.07, 6.45) is 9.33. The summed E-state index contributed by atoms with van der Waals surface area (Å²) >= 11 is 0. The zero-order valence-corrected chi connectivity index (χ0v) is 16.6. The molecule has 0 bridgehead atoms. The molecule has 3 aromatic heterocycles. The van der Waals surface area contributed by atoms with Crippen molar-refractivity contribution in [2.75, 3.05) is 49.1 Å². The second kappa shape index (κ2) is 7.73. The van der Waals surface area contributed by atoms with Crippen LogP contribution in [0.3, 0.4) is 0 Å². The Morgan fingerprint density at radius 3 is 2.28 bits per heavy atom. The monoisotopic (exact) mass is 390 g/mol. The Morgan fingerprint density at radius 1 is 0.828 bits per heavy atom. The first-order chi connectivity index (χ1) is 14.3. The molecule has 0 saturated carbocycles. The lowest BCUT2D eigenvalue weighted by Gasteiger charge is -2.35. The van der Waals surface area contributed by atoms with Crippen molar-refractivity contribution in [3.63, 3.8) is 0 Å². The number of piperazine rings is 1. The van der Waals surface area contributed by atoms with Crippen molar-refractivity contribution >= 4 is 23.1 Å². The lowest BCUT2D eigenvalue weighted by atomic mass is 10.1. The smallest absolute Gasteiger partial charge is 0.255 e. The largest absolute Gasteiger partial charge is 0.356 e. The van der Waals surface area contributed by atoms with Gasteiger partial charge in [-0.3, -0.25) is 4.79 Å². The molecule has 2 aliphatic rings. The number of anilines is 2. The van der Waals surface area contributed by atoms with Crippen LogP contribution in [-0.4, -0.2) is 64.4 Å². The highest BCUT2D eigenvalue weighted by molar-refractivity contribution is 5.95. The van der Waals surface area contributed by atoms with E-state index in [2.05, 4.69) is 25.8 Å². The van der Waals surface area contributed by atoms with Crippen LogP contribution in [0, 0.1) is 0 Å². The second-order valence-corrected chi connectivity index (χ2v) is 7.82. The van der Waals surface area contributed by atoms with Gasteiger partial charge in [0.2, 0.25) is 0 Å². The van der Waals surface area contributed by atoms with Crippen molar-refractivity contribution in [1.82, 2.24) is 19.3 Å². The maximum Gasteiger partial charge on any atom is 0.255 e. The molecule has 29 heavy (non-hydrogen) atoms. The molecule has 1 amide bonds. The van der Waals surface area contributed by atoms with Gasteiger partial charge >= 0.3 is 0 Å². The number of amides is 1. The third-order valence-corrected chi connectivity index (χ3v) is 5.96. The first-order valence-corrected chi connectivity index (χ1v) is 10.5. The minimum absolute atomic E-state index is 0.102. The van der Waals surface area contributed by atoms with E-state index in [0.29, 0.717) is 13.1 Å². The molecular formula is C22H26N6O. The topological polar surface area (TPSA) is 57.0 Å². The average molecular weight is 390 g/mol. The summed E-state index contributed by atoms with van der Waals surface area (Å²) in [5.74, 6) is 2.08. The normalized spacial score (nSPS) is 17.7. The van der Waals surface area contributed by atoms with Crippen LogP contribution < -0.4 is 9.80 Å². The summed E-state index contributed by atoms with van der Waals surface area (Å²) in [5, 5.41) is 0. The summed E-state index contributed by atoms with van der Waals surface area (Å²) < 4.78 is 1.99. The fourth-order valence-corrected chi connectivity index (χ4v) is 4.30. The van der Waals surface area contributed by atoms with Crippen molar-refractivity contribution in [2.45, 2.75) is 19.3 Å². The molecule has 5 rings (SSSR count). The number of piperidine rings is 1. The summed E-state index contributed by atoms with van der Waals surface area (Å²) in [4.78, 5) is 28.5. The lowest BCUT2D eigenvalue weighted by Crippen LogP contribution is -2.49. The quantitative estimate of drug-likeness (QED) is 0.688. The number of fused-ring (bicyclic) bond motifs is 1. The molecule has 0 N–H and O–H groups in total. The fraction of sp³-hybridized carbons (Fsp3) is 0.409. The second-order valence-electron chi connectivity index (χ2n) is 7.82. The van der Waals surface area contributed by atoms with E-state index in [9.17, 15) is 4.79 Å². The van der Waals surface area contributed by atoms with Crippen LogP contribution in [0.5, 0.6) is 0 Å². The molecule has 150 valence electrons. The minimum atomic E-state index is 0.102. The molecule has 2 fully saturated rings. The predicted octanol–water partition coefficient (Wildman–Crippen LogP) is 2.68. The third-order valence-electron chi connectivity index (χ3n) is 5.96. The molecule has 0 aromatic carbocycles. The van der Waals surface area contributed by atoms with Gasteiger partial charge in [0.1, 0.15) is 18.0 Å². The van der Waals surface area contributed by atoms with Crippen LogP contribution in [-0.2, 0) is 0 Å². The van der Waals surface area contributed by atoms with Gasteiger partial charge in [0.05, 0.1) is 5.56 Å². The molecule has 0 aliphatic carbocycles. The summed E-state index contributed by atoms with van der Waals surface area (Å²) in [7, 11) is 0. The highest BCUT2D eigenvalue weighted by Gasteiger charge is 2.24. The van der Waals surface area contributed by atoms with Gasteiger partial charge in [-0.05, 0) is 37.5 Å². The van der Waals surface area contributed by atoms with E-state index in [1.807, 2.05) is 46.0 Å². The molecule has 0 spiro atoms. The Balaban J connectivity index is 1.25. The fourth-order valence-electron chi connectivity index (χ4n) is 4.30. The number of nitrogens with zero attached hydrogens (tertiary/aromatic N) is 6. The van der Waals surface area contributed by atoms with Gasteiger partial charge in [-0.1, -0.05) is 6.07 Å². The molecule has 0 atom stereocenters. The van der Waals surface area contributed by atoms with Gasteiger partial charge in [-0.2, -0.15) is 0 Å². The van der Waals surface area contributed by atoms with E-state index < -0.39 is 0 Å². The Morgan fingerprint density at radius 2 is 1.55 bits per heavy atom. The van der Waals surface area contributed by atoms with Crippen molar-refractivity contribution < 1.29 is 4.79 Å². The number of carbonyl (C=O) groups excluding carboxylic acids is 1. The van der Waals surface area contributed by atoms with Crippen molar-refractivity contribution in [1.29, 1.82) is 0 Å². The molecule has 0 radical (unpaired) electrons. The van der Waals surface area contributed by atoms with Gasteiger partial charge < -0.3 is 19.1 Å². The molecule has 7 heteroatoms. The maximum absolute atomic E-state index is 12.9. The molecular weight excluding hydrogens is 364 g/mol. The minimum Gasteiger partial charge on any atom is -0.356 e. The summed E-state index contributed by atoms with van der Waals surface area (Å²) in [6.45, 7) is 5.13. The Kier molecular flexibility index (Phi) is 4.79. The Labute approximate surface area is 170 Å². The highest BCUT2D eigenvalue weighted by atomic mass is 16.2. The van der Waals surface area contributed by atoms with Gasteiger partial charge in [-0.15, -0.1) is 0 Å². The predicted molar refractivity (Wildman–Crippen MR) is 114 cm³/mol. The Hall–Kier alpha value is -3.09. The van der Waals surface area contributed by atoms with Crippen LogP contribution in [0.25, 0.3) is 5.52 Å². The molecule has 5 heterocycles. The summed E-state index contributed by atoms with van der Waals surface area (Å²) in [5.41, 5.74) is 1.79. The molecule has 0 unspecified atom stereocenters. The zero-order chi connectivity index (χ0) is 19.6. The van der Waals surface area contributed by atoms with E-state index in [1.54, 1.807) is 6.33 Å². The molecule has 7 nitrogen and oxygen atoms in total. The lowest BCUT2D eigenvalue weighted by molar-refractivity contribution is 0.0746. The number of rotatable bonds is 3. The van der Waals surface area contributed by atoms with Gasteiger partial charge in [0.25, 0.3) is 5.91 Å². The van der Waals surface area contributed by atoms with E-state index in [4.69, 9.17) is 0 Å². The average Bonchev–Trinajstić information content (AvgIpc) is 3.24. The van der Waals surface area contributed by atoms with E-state index >= 15 is 0 Å². The standard InChI is InChI=1S/C22H26N6O/c29-22(18-14-19-6-2-5-9-28(19)16-18)27-12-10-26(11-13-27)21-15-20(23-17-24-21)25-7-3-1-4-8-25/h2,5-6,9,14-17H,1,3-4,7-8,10-13H2. The zero-order valence-electron chi connectivity index (χ0n) is 16.6. The van der Waals surface area contributed by atoms with Crippen LogP contribution in [0.15, 0.2) is 49.1 Å². The number of hydrogen-bond donors (Lipinski definition) is 0. The van der Waals surface area contributed by atoms with Crippen molar-refractivity contribution in [2.24, 2.45) is 0 Å². The van der Waals surface area contributed by atoms with Crippen LogP contribution >= 0.6 is 0 Å². The van der Waals surface area contributed by atoms with E-state index in [1.165, 1.54) is 19.3 Å². The van der Waals surface area contributed by atoms with Crippen molar-refractivity contribution in [3.8, 4) is 0 Å². The SMILES string of the molecule is O=C(c1cc2ccccn2c1)N1CCN(c2cc(N3CCCCC3)ncn2)CC1. The molecule has 3 aromatic rings. The van der Waals surface area contributed by atoms with Gasteiger partial charge in [0.15, 0.2) is 0 Å². The highest BCUT2D eigenvalue weighted by Crippen LogP contribution is 2.22. The van der Waals surface area contributed by atoms with E-state index in [0.717, 1.165) is 48.9 Å². The van der Waals surface area contributed by atoms with Gasteiger partial charge in [0, 0.05) is 63.2 Å². The maximum atomic E-state index is 12.9. The Bertz CT molecular complexity index is 968. The molecule has 2 aliphatic heterocycles. The van der Waals surface area contributed by atoms with Crippen LogP contribution in [0.1, 0.15) is 29.6 Å². The number of pyridine rings is 1. The molecule has 2 saturated heterocycles. The van der Waals surface area contributed by atoms with Gasteiger partial charge in [-0.25, -0.2) is 9.97 Å².